The fourth-order valence-corrected chi connectivity index (χ4v) is 3.77. The highest BCUT2D eigenvalue weighted by atomic mass is 16.5. The lowest BCUT2D eigenvalue weighted by molar-refractivity contribution is 0.112. The summed E-state index contributed by atoms with van der Waals surface area (Å²) >= 11 is 0. The van der Waals surface area contributed by atoms with E-state index >= 15 is 0 Å². The number of para-hydroxylation sites is 1. The minimum absolute atomic E-state index is 0.476. The first kappa shape index (κ1) is 21.9. The van der Waals surface area contributed by atoms with Crippen molar-refractivity contribution in [2.75, 3.05) is 6.54 Å². The Hall–Kier alpha value is -3.35. The van der Waals surface area contributed by atoms with Crippen molar-refractivity contribution in [1.29, 1.82) is 0 Å². The summed E-state index contributed by atoms with van der Waals surface area (Å²) in [4.78, 5) is 2.14. The molecule has 0 unspecified atom stereocenters. The standard InChI is InChI=1S/C26H29N3O3/c1-19-9-7-12-23(15-19)32-26-25(21(3)27-29(26)22-10-5-4-6-11-22)18-28(16-20(2)30)17-24-13-8-14-31-24/h4-15,20,30H,16-18H2,1-3H3/t20-/m1/s1. The second kappa shape index (κ2) is 9.85. The first-order valence-electron chi connectivity index (χ1n) is 10.8. The van der Waals surface area contributed by atoms with E-state index in [9.17, 15) is 5.11 Å². The van der Waals surface area contributed by atoms with Crippen LogP contribution in [0.5, 0.6) is 11.6 Å². The molecule has 166 valence electrons. The molecule has 32 heavy (non-hydrogen) atoms. The molecule has 0 aliphatic heterocycles. The molecule has 0 spiro atoms. The molecule has 6 nitrogen and oxygen atoms in total. The second-order valence-electron chi connectivity index (χ2n) is 8.13. The molecule has 4 aromatic rings. The van der Waals surface area contributed by atoms with E-state index in [-0.39, 0.29) is 0 Å². The zero-order valence-corrected chi connectivity index (χ0v) is 18.7. The SMILES string of the molecule is Cc1cccc(Oc2c(CN(Cc3ccco3)C[C@@H](C)O)c(C)nn2-c2ccccc2)c1. The maximum absolute atomic E-state index is 10.1. The highest BCUT2D eigenvalue weighted by Crippen LogP contribution is 2.32. The average Bonchev–Trinajstić information content (AvgIpc) is 3.37. The zero-order valence-electron chi connectivity index (χ0n) is 18.7. The number of ether oxygens (including phenoxy) is 1. The van der Waals surface area contributed by atoms with E-state index in [0.29, 0.717) is 25.5 Å². The monoisotopic (exact) mass is 431 g/mol. The highest BCUT2D eigenvalue weighted by Gasteiger charge is 2.22. The van der Waals surface area contributed by atoms with Gasteiger partial charge in [0.2, 0.25) is 5.88 Å². The number of aliphatic hydroxyl groups is 1. The lowest BCUT2D eigenvalue weighted by atomic mass is 10.2. The van der Waals surface area contributed by atoms with Gasteiger partial charge in [-0.1, -0.05) is 30.3 Å². The molecule has 0 aliphatic carbocycles. The van der Waals surface area contributed by atoms with Gasteiger partial charge in [-0.25, -0.2) is 4.68 Å². The average molecular weight is 432 g/mol. The molecule has 2 aromatic carbocycles. The molecule has 1 atom stereocenters. The molecule has 6 heteroatoms. The Bertz CT molecular complexity index is 1130. The number of aliphatic hydroxyl groups excluding tert-OH is 1. The van der Waals surface area contributed by atoms with E-state index < -0.39 is 6.10 Å². The maximum Gasteiger partial charge on any atom is 0.227 e. The van der Waals surface area contributed by atoms with Gasteiger partial charge in [0.05, 0.1) is 35.9 Å². The smallest absolute Gasteiger partial charge is 0.227 e. The summed E-state index contributed by atoms with van der Waals surface area (Å²) in [5.74, 6) is 2.28. The summed E-state index contributed by atoms with van der Waals surface area (Å²) in [7, 11) is 0. The summed E-state index contributed by atoms with van der Waals surface area (Å²) in [6.45, 7) is 7.47. The molecular weight excluding hydrogens is 402 g/mol. The molecule has 1 N–H and O–H groups in total. The Morgan fingerprint density at radius 2 is 1.84 bits per heavy atom. The number of rotatable bonds is 9. The van der Waals surface area contributed by atoms with Gasteiger partial charge in [0, 0.05) is 13.1 Å². The van der Waals surface area contributed by atoms with E-state index in [1.807, 2.05) is 85.3 Å². The van der Waals surface area contributed by atoms with Gasteiger partial charge in [0.15, 0.2) is 0 Å². The highest BCUT2D eigenvalue weighted by molar-refractivity contribution is 5.43. The number of aromatic nitrogens is 2. The van der Waals surface area contributed by atoms with Gasteiger partial charge < -0.3 is 14.3 Å². The third kappa shape index (κ3) is 5.28. The molecule has 2 aromatic heterocycles. The quantitative estimate of drug-likeness (QED) is 0.392. The van der Waals surface area contributed by atoms with Crippen LogP contribution in [-0.2, 0) is 13.1 Å². The molecule has 0 amide bonds. The van der Waals surface area contributed by atoms with Crippen LogP contribution in [0.1, 0.15) is 29.5 Å². The summed E-state index contributed by atoms with van der Waals surface area (Å²) in [5, 5.41) is 14.9. The summed E-state index contributed by atoms with van der Waals surface area (Å²) in [6.07, 6.45) is 1.19. The van der Waals surface area contributed by atoms with E-state index in [4.69, 9.17) is 14.3 Å². The predicted molar refractivity (Wildman–Crippen MR) is 124 cm³/mol. The minimum Gasteiger partial charge on any atom is -0.468 e. The van der Waals surface area contributed by atoms with Crippen LogP contribution >= 0.6 is 0 Å². The second-order valence-corrected chi connectivity index (χ2v) is 8.13. The third-order valence-corrected chi connectivity index (χ3v) is 5.21. The van der Waals surface area contributed by atoms with Crippen LogP contribution in [0.15, 0.2) is 77.4 Å². The van der Waals surface area contributed by atoms with E-state index in [1.54, 1.807) is 13.2 Å². The van der Waals surface area contributed by atoms with Gasteiger partial charge in [-0.2, -0.15) is 5.10 Å². The molecule has 0 fully saturated rings. The number of benzene rings is 2. The van der Waals surface area contributed by atoms with Crippen molar-refractivity contribution in [3.8, 4) is 17.3 Å². The molecule has 0 saturated carbocycles. The lowest BCUT2D eigenvalue weighted by Gasteiger charge is -2.23. The van der Waals surface area contributed by atoms with E-state index in [1.165, 1.54) is 0 Å². The molecule has 0 saturated heterocycles. The third-order valence-electron chi connectivity index (χ3n) is 5.21. The van der Waals surface area contributed by atoms with Crippen molar-refractivity contribution in [3.05, 3.63) is 95.6 Å². The fraction of sp³-hybridized carbons (Fsp3) is 0.269. The number of aryl methyl sites for hydroxylation is 2. The van der Waals surface area contributed by atoms with Crippen molar-refractivity contribution >= 4 is 0 Å². The van der Waals surface area contributed by atoms with Gasteiger partial charge in [0.1, 0.15) is 11.5 Å². The summed E-state index contributed by atoms with van der Waals surface area (Å²) in [6, 6.07) is 21.8. The van der Waals surface area contributed by atoms with Crippen LogP contribution in [0.25, 0.3) is 5.69 Å². The van der Waals surface area contributed by atoms with Crippen molar-refractivity contribution < 1.29 is 14.3 Å². The van der Waals surface area contributed by atoms with Gasteiger partial charge in [-0.3, -0.25) is 4.90 Å². The van der Waals surface area contributed by atoms with E-state index in [0.717, 1.165) is 34.0 Å². The number of hydrogen-bond donors (Lipinski definition) is 1. The topological polar surface area (TPSA) is 63.7 Å². The van der Waals surface area contributed by atoms with Crippen LogP contribution in [0.4, 0.5) is 0 Å². The Balaban J connectivity index is 1.73. The lowest BCUT2D eigenvalue weighted by Crippen LogP contribution is -2.30. The largest absolute Gasteiger partial charge is 0.468 e. The van der Waals surface area contributed by atoms with Crippen LogP contribution in [0.2, 0.25) is 0 Å². The molecule has 2 heterocycles. The van der Waals surface area contributed by atoms with Gasteiger partial charge in [-0.05, 0) is 62.7 Å². The van der Waals surface area contributed by atoms with Crippen molar-refractivity contribution in [2.24, 2.45) is 0 Å². The number of nitrogens with zero attached hydrogens (tertiary/aromatic N) is 3. The molecular formula is C26H29N3O3. The summed E-state index contributed by atoms with van der Waals surface area (Å²) < 4.78 is 13.8. The van der Waals surface area contributed by atoms with E-state index in [2.05, 4.69) is 4.90 Å². The number of furan rings is 1. The molecule has 0 aliphatic rings. The van der Waals surface area contributed by atoms with Crippen LogP contribution in [-0.4, -0.2) is 32.4 Å². The summed E-state index contributed by atoms with van der Waals surface area (Å²) in [5.41, 5.74) is 3.91. The predicted octanol–water partition coefficient (Wildman–Crippen LogP) is 5.26. The number of hydrogen-bond acceptors (Lipinski definition) is 5. The minimum atomic E-state index is -0.476. The first-order valence-corrected chi connectivity index (χ1v) is 10.8. The van der Waals surface area contributed by atoms with Crippen molar-refractivity contribution in [2.45, 2.75) is 40.0 Å². The first-order chi connectivity index (χ1) is 15.5. The Morgan fingerprint density at radius 1 is 1.03 bits per heavy atom. The molecule has 4 rings (SSSR count). The fourth-order valence-electron chi connectivity index (χ4n) is 3.77. The molecule has 0 radical (unpaired) electrons. The van der Waals surface area contributed by atoms with Crippen molar-refractivity contribution in [3.63, 3.8) is 0 Å². The van der Waals surface area contributed by atoms with Crippen LogP contribution in [0, 0.1) is 13.8 Å². The van der Waals surface area contributed by atoms with Gasteiger partial charge in [-0.15, -0.1) is 0 Å². The van der Waals surface area contributed by atoms with Crippen molar-refractivity contribution in [1.82, 2.24) is 14.7 Å². The maximum atomic E-state index is 10.1. The van der Waals surface area contributed by atoms with Gasteiger partial charge >= 0.3 is 0 Å². The zero-order chi connectivity index (χ0) is 22.5. The van der Waals surface area contributed by atoms with Crippen LogP contribution < -0.4 is 4.74 Å². The van der Waals surface area contributed by atoms with Gasteiger partial charge in [0.25, 0.3) is 0 Å². The normalized spacial score (nSPS) is 12.3. The van der Waals surface area contributed by atoms with Crippen LogP contribution in [0.3, 0.4) is 0 Å². The Labute approximate surface area is 188 Å². The Morgan fingerprint density at radius 3 is 2.53 bits per heavy atom. The molecule has 0 bridgehead atoms. The Kier molecular flexibility index (Phi) is 6.73.